The molecule has 2 fully saturated rings. The van der Waals surface area contributed by atoms with Crippen molar-refractivity contribution in [1.29, 1.82) is 0 Å². The zero-order valence-corrected chi connectivity index (χ0v) is 20.8. The average Bonchev–Trinajstić information content (AvgIpc) is 3.30. The highest BCUT2D eigenvalue weighted by Gasteiger charge is 2.30. The first-order chi connectivity index (χ1) is 17.0. The third-order valence-electron chi connectivity index (χ3n) is 7.96. The summed E-state index contributed by atoms with van der Waals surface area (Å²) in [7, 11) is 1.93. The van der Waals surface area contributed by atoms with Crippen LogP contribution in [0.4, 0.5) is 5.69 Å². The smallest absolute Gasteiger partial charge is 0.253 e. The van der Waals surface area contributed by atoms with Crippen LogP contribution in [0.15, 0.2) is 36.5 Å². The van der Waals surface area contributed by atoms with Crippen molar-refractivity contribution in [3.8, 4) is 0 Å². The highest BCUT2D eigenvalue weighted by Crippen LogP contribution is 2.33. The van der Waals surface area contributed by atoms with Crippen LogP contribution >= 0.6 is 0 Å². The van der Waals surface area contributed by atoms with Gasteiger partial charge in [0.1, 0.15) is 0 Å². The lowest BCUT2D eigenvalue weighted by Gasteiger charge is -2.38. The number of nitrogens with one attached hydrogen (secondary N) is 1. The number of benzene rings is 1. The van der Waals surface area contributed by atoms with E-state index in [1.54, 1.807) is 0 Å². The van der Waals surface area contributed by atoms with Gasteiger partial charge in [-0.2, -0.15) is 0 Å². The molecule has 1 atom stereocenters. The summed E-state index contributed by atoms with van der Waals surface area (Å²) in [4.78, 5) is 34.8. The van der Waals surface area contributed by atoms with Gasteiger partial charge in [-0.1, -0.05) is 6.07 Å². The maximum Gasteiger partial charge on any atom is 0.253 e. The molecule has 0 spiro atoms. The summed E-state index contributed by atoms with van der Waals surface area (Å²) in [5, 5.41) is 3.26. The molecule has 2 saturated heterocycles. The van der Waals surface area contributed by atoms with E-state index in [9.17, 15) is 9.59 Å². The Bertz CT molecular complexity index is 1070. The van der Waals surface area contributed by atoms with Crippen molar-refractivity contribution in [3.63, 3.8) is 0 Å². The number of ether oxygens (including phenoxy) is 1. The van der Waals surface area contributed by atoms with Gasteiger partial charge in [-0.25, -0.2) is 0 Å². The standard InChI is InChI=1S/C28H36N4O3/c1-19-17-24(7-12-29-19)32-13-8-23(9-14-32)31(2)28(34)22-4-3-20-5-6-26(25(20)18-22)30-27(33)21-10-15-35-16-11-21/h3-4,7,12,17-18,21,23,26H,5-6,8-11,13-16H2,1-2H3,(H,30,33)/t26-/m1/s1. The van der Waals surface area contributed by atoms with Gasteiger partial charge in [0.05, 0.1) is 6.04 Å². The number of carbonyl (C=O) groups is 2. The van der Waals surface area contributed by atoms with Crippen molar-refractivity contribution >= 4 is 17.5 Å². The summed E-state index contributed by atoms with van der Waals surface area (Å²) in [6.45, 7) is 5.18. The van der Waals surface area contributed by atoms with Gasteiger partial charge in [-0.3, -0.25) is 14.6 Å². The number of amides is 2. The lowest BCUT2D eigenvalue weighted by atomic mass is 9.97. The van der Waals surface area contributed by atoms with E-state index in [0.29, 0.717) is 18.8 Å². The molecule has 0 bridgehead atoms. The Hall–Kier alpha value is -2.93. The molecule has 2 aromatic rings. The van der Waals surface area contributed by atoms with Crippen LogP contribution in [0.5, 0.6) is 0 Å². The summed E-state index contributed by atoms with van der Waals surface area (Å²) >= 11 is 0. The first-order valence-electron chi connectivity index (χ1n) is 13.0. The minimum atomic E-state index is -0.00883. The van der Waals surface area contributed by atoms with Gasteiger partial charge in [0.2, 0.25) is 5.91 Å². The molecule has 0 saturated carbocycles. The summed E-state index contributed by atoms with van der Waals surface area (Å²) in [6.07, 6.45) is 7.15. The Morgan fingerprint density at radius 2 is 1.83 bits per heavy atom. The Balaban J connectivity index is 1.21. The average molecular weight is 477 g/mol. The van der Waals surface area contributed by atoms with Crippen molar-refractivity contribution in [2.75, 3.05) is 38.3 Å². The van der Waals surface area contributed by atoms with Crippen LogP contribution < -0.4 is 10.2 Å². The predicted molar refractivity (Wildman–Crippen MR) is 135 cm³/mol. The monoisotopic (exact) mass is 476 g/mol. The van der Waals surface area contributed by atoms with Crippen molar-refractivity contribution in [2.24, 2.45) is 5.92 Å². The zero-order chi connectivity index (χ0) is 24.4. The highest BCUT2D eigenvalue weighted by molar-refractivity contribution is 5.94. The van der Waals surface area contributed by atoms with Crippen LogP contribution in [0.2, 0.25) is 0 Å². The molecule has 3 heterocycles. The van der Waals surface area contributed by atoms with Gasteiger partial charge in [0.25, 0.3) is 5.91 Å². The molecule has 7 heteroatoms. The number of hydrogen-bond acceptors (Lipinski definition) is 5. The Kier molecular flexibility index (Phi) is 7.04. The molecule has 1 N–H and O–H groups in total. The van der Waals surface area contributed by atoms with Crippen LogP contribution in [0.1, 0.15) is 65.3 Å². The molecule has 0 unspecified atom stereocenters. The first-order valence-corrected chi connectivity index (χ1v) is 13.0. The predicted octanol–water partition coefficient (Wildman–Crippen LogP) is 3.66. The van der Waals surface area contributed by atoms with E-state index in [1.807, 2.05) is 37.2 Å². The van der Waals surface area contributed by atoms with E-state index in [4.69, 9.17) is 4.74 Å². The lowest BCUT2D eigenvalue weighted by Crippen LogP contribution is -2.45. The summed E-state index contributed by atoms with van der Waals surface area (Å²) in [5.41, 5.74) is 5.29. The Morgan fingerprint density at radius 3 is 2.57 bits per heavy atom. The molecule has 3 aliphatic rings. The van der Waals surface area contributed by atoms with Crippen molar-refractivity contribution in [2.45, 2.75) is 57.5 Å². The number of rotatable bonds is 5. The largest absolute Gasteiger partial charge is 0.381 e. The number of pyridine rings is 1. The van der Waals surface area contributed by atoms with E-state index in [2.05, 4.69) is 33.4 Å². The van der Waals surface area contributed by atoms with Crippen molar-refractivity contribution in [3.05, 3.63) is 58.9 Å². The number of fused-ring (bicyclic) bond motifs is 1. The van der Waals surface area contributed by atoms with Crippen molar-refractivity contribution in [1.82, 2.24) is 15.2 Å². The SMILES string of the molecule is Cc1cc(N2CCC(N(C)C(=O)c3ccc4c(c3)[C@H](NC(=O)C3CCOCC3)CC4)CC2)ccn1. The second kappa shape index (κ2) is 10.4. The van der Waals surface area contributed by atoms with E-state index in [0.717, 1.165) is 62.9 Å². The number of anilines is 1. The summed E-state index contributed by atoms with van der Waals surface area (Å²) in [5.74, 6) is 0.217. The molecule has 5 rings (SSSR count). The summed E-state index contributed by atoms with van der Waals surface area (Å²) < 4.78 is 5.40. The number of aromatic nitrogens is 1. The molecule has 2 aliphatic heterocycles. The van der Waals surface area contributed by atoms with E-state index in [1.165, 1.54) is 11.3 Å². The van der Waals surface area contributed by atoms with Gasteiger partial charge in [0, 0.05) is 68.5 Å². The zero-order valence-electron chi connectivity index (χ0n) is 20.8. The highest BCUT2D eigenvalue weighted by atomic mass is 16.5. The number of hydrogen-bond donors (Lipinski definition) is 1. The fraction of sp³-hybridized carbons (Fsp3) is 0.536. The molecule has 35 heavy (non-hydrogen) atoms. The third kappa shape index (κ3) is 5.20. The molecule has 1 aliphatic carbocycles. The third-order valence-corrected chi connectivity index (χ3v) is 7.96. The van der Waals surface area contributed by atoms with Gasteiger partial charge in [-0.15, -0.1) is 0 Å². The molecule has 7 nitrogen and oxygen atoms in total. The van der Waals surface area contributed by atoms with E-state index >= 15 is 0 Å². The minimum absolute atomic E-state index is 0.00883. The van der Waals surface area contributed by atoms with Gasteiger partial charge in [-0.05, 0) is 80.8 Å². The van der Waals surface area contributed by atoms with E-state index < -0.39 is 0 Å². The molecular formula is C28H36N4O3. The minimum Gasteiger partial charge on any atom is -0.381 e. The number of piperidine rings is 1. The molecule has 1 aromatic carbocycles. The second-order valence-corrected chi connectivity index (χ2v) is 10.2. The van der Waals surface area contributed by atoms with Crippen LogP contribution in [0.3, 0.4) is 0 Å². The normalized spacial score (nSPS) is 21.0. The molecule has 186 valence electrons. The maximum absolute atomic E-state index is 13.4. The van der Waals surface area contributed by atoms with Gasteiger partial charge >= 0.3 is 0 Å². The fourth-order valence-electron chi connectivity index (χ4n) is 5.74. The second-order valence-electron chi connectivity index (χ2n) is 10.2. The Labute approximate surface area is 207 Å². The van der Waals surface area contributed by atoms with Gasteiger partial charge in [0.15, 0.2) is 0 Å². The van der Waals surface area contributed by atoms with Crippen molar-refractivity contribution < 1.29 is 14.3 Å². The van der Waals surface area contributed by atoms with Crippen LogP contribution in [0, 0.1) is 12.8 Å². The van der Waals surface area contributed by atoms with Crippen LogP contribution in [0.25, 0.3) is 0 Å². The van der Waals surface area contributed by atoms with Gasteiger partial charge < -0.3 is 19.9 Å². The number of aryl methyl sites for hydroxylation is 2. The van der Waals surface area contributed by atoms with Crippen LogP contribution in [-0.4, -0.2) is 61.1 Å². The number of nitrogens with zero attached hydrogens (tertiary/aromatic N) is 3. The lowest BCUT2D eigenvalue weighted by molar-refractivity contribution is -0.128. The fourth-order valence-corrected chi connectivity index (χ4v) is 5.74. The first kappa shape index (κ1) is 23.8. The Morgan fingerprint density at radius 1 is 1.06 bits per heavy atom. The maximum atomic E-state index is 13.4. The summed E-state index contributed by atoms with van der Waals surface area (Å²) in [6, 6.07) is 10.4. The molecule has 0 radical (unpaired) electrons. The van der Waals surface area contributed by atoms with E-state index in [-0.39, 0.29) is 29.8 Å². The quantitative estimate of drug-likeness (QED) is 0.713. The number of carbonyl (C=O) groups excluding carboxylic acids is 2. The molecule has 2 amide bonds. The molecular weight excluding hydrogens is 440 g/mol. The topological polar surface area (TPSA) is 74.8 Å². The molecule has 1 aromatic heterocycles. The van der Waals surface area contributed by atoms with Crippen LogP contribution in [-0.2, 0) is 16.0 Å².